The van der Waals surface area contributed by atoms with Crippen LogP contribution in [0, 0.1) is 0 Å². The Kier molecular flexibility index (Phi) is 44.3. The van der Waals surface area contributed by atoms with E-state index in [-0.39, 0.29) is 28.6 Å². The average molecular weight is 910 g/mol. The molecule has 2 N–H and O–H groups in total. The van der Waals surface area contributed by atoms with E-state index in [1.165, 1.54) is 35.3 Å². The Morgan fingerprint density at radius 1 is 0.422 bits per heavy atom. The molecule has 0 amide bonds. The van der Waals surface area contributed by atoms with Gasteiger partial charge in [-0.05, 0) is 0 Å². The van der Waals surface area contributed by atoms with Crippen molar-refractivity contribution in [2.75, 3.05) is 117 Å². The zero-order chi connectivity index (χ0) is 33.1. The van der Waals surface area contributed by atoms with Gasteiger partial charge in [-0.15, -0.1) is 94.1 Å². The van der Waals surface area contributed by atoms with E-state index in [4.69, 9.17) is 10.2 Å². The highest BCUT2D eigenvalue weighted by Crippen LogP contribution is 2.25. The zero-order valence-electron chi connectivity index (χ0n) is 25.0. The van der Waals surface area contributed by atoms with Gasteiger partial charge in [-0.3, -0.25) is 18.6 Å². The maximum Gasteiger partial charge on any atom is 0.199 e. The Morgan fingerprint density at radius 2 is 0.844 bits per heavy atom. The first kappa shape index (κ1) is 49.0. The second-order valence-electron chi connectivity index (χ2n) is 7.69. The number of hydrogen-bond acceptors (Lipinski definition) is 20. The minimum atomic E-state index is -0.800. The molecule has 0 radical (unpaired) electrons. The van der Waals surface area contributed by atoms with Gasteiger partial charge in [0, 0.05) is 92.4 Å². The van der Waals surface area contributed by atoms with Crippen LogP contribution < -0.4 is 0 Å². The Hall–Kier alpha value is 3.98. The summed E-state index contributed by atoms with van der Waals surface area (Å²) in [4.78, 5) is 35.6. The monoisotopic (exact) mass is 908 g/mol. The molecule has 0 aromatic heterocycles. The van der Waals surface area contributed by atoms with Crippen molar-refractivity contribution >= 4 is 191 Å². The maximum absolute atomic E-state index is 12.2. The molecule has 0 saturated heterocycles. The van der Waals surface area contributed by atoms with Crippen molar-refractivity contribution in [1.29, 1.82) is 0 Å². The SMILES string of the molecule is O=C(CSCSCSCCS(=O)CSCSCSCSC(=O)CSCSCSCC(=O)SCCSCCO)SCCSCCO. The zero-order valence-corrected chi connectivity index (χ0v) is 37.2. The third-order valence-electron chi connectivity index (χ3n) is 4.09. The second-order valence-corrected chi connectivity index (χ2v) is 27.0. The highest BCUT2D eigenvalue weighted by molar-refractivity contribution is 8.30. The van der Waals surface area contributed by atoms with Gasteiger partial charge < -0.3 is 10.2 Å². The fraction of sp³-hybridized carbons (Fsp3) is 0.875. The molecule has 1 atom stereocenters. The summed E-state index contributed by atoms with van der Waals surface area (Å²) in [7, 11) is -0.800. The van der Waals surface area contributed by atoms with E-state index in [2.05, 4.69) is 0 Å². The van der Waals surface area contributed by atoms with Gasteiger partial charge in [0.05, 0.1) is 35.6 Å². The first-order valence-electron chi connectivity index (χ1n) is 13.4. The minimum Gasteiger partial charge on any atom is -0.396 e. The Labute approximate surface area is 332 Å². The third-order valence-corrected chi connectivity index (χ3v) is 23.0. The topological polar surface area (TPSA) is 109 Å². The van der Waals surface area contributed by atoms with Crippen LogP contribution in [-0.4, -0.2) is 147 Å². The number of aliphatic hydroxyl groups is 2. The number of aliphatic hydroxyl groups excluding tert-OH is 2. The van der Waals surface area contributed by atoms with Crippen molar-refractivity contribution in [3.05, 3.63) is 0 Å². The molecular formula is C24H44O6S15. The van der Waals surface area contributed by atoms with E-state index in [1.54, 1.807) is 106 Å². The minimum absolute atomic E-state index is 0.187. The number of carbonyl (C=O) groups excluding carboxylic acids is 3. The van der Waals surface area contributed by atoms with Crippen LogP contribution in [0.1, 0.15) is 0 Å². The summed E-state index contributed by atoms with van der Waals surface area (Å²) in [5.41, 5.74) is 0. The van der Waals surface area contributed by atoms with E-state index in [1.807, 2.05) is 23.5 Å². The van der Waals surface area contributed by atoms with Crippen LogP contribution in [0.5, 0.6) is 0 Å². The molecule has 0 fully saturated rings. The lowest BCUT2D eigenvalue weighted by atomic mass is 10.9. The fourth-order valence-corrected chi connectivity index (χ4v) is 19.2. The average Bonchev–Trinajstić information content (AvgIpc) is 3.02. The maximum atomic E-state index is 12.2. The summed E-state index contributed by atoms with van der Waals surface area (Å²) in [5.74, 6) is 8.04. The molecule has 0 aliphatic heterocycles. The highest BCUT2D eigenvalue weighted by Gasteiger charge is 2.07. The Bertz CT molecular complexity index is 741. The van der Waals surface area contributed by atoms with E-state index < -0.39 is 10.8 Å². The molecule has 0 bridgehead atoms. The van der Waals surface area contributed by atoms with Crippen molar-refractivity contribution < 1.29 is 28.8 Å². The number of thioether (sulfide) groups is 14. The molecule has 0 aliphatic rings. The lowest BCUT2D eigenvalue weighted by Gasteiger charge is -2.04. The molecule has 0 aromatic carbocycles. The van der Waals surface area contributed by atoms with Gasteiger partial charge in [-0.25, -0.2) is 0 Å². The second kappa shape index (κ2) is 40.7. The predicted octanol–water partition coefficient (Wildman–Crippen LogP) is 7.22. The van der Waals surface area contributed by atoms with Gasteiger partial charge in [0.1, 0.15) is 0 Å². The Morgan fingerprint density at radius 3 is 1.36 bits per heavy atom. The van der Waals surface area contributed by atoms with Crippen LogP contribution in [0.4, 0.5) is 0 Å². The van der Waals surface area contributed by atoms with Gasteiger partial charge in [0.25, 0.3) is 0 Å². The molecule has 266 valence electrons. The van der Waals surface area contributed by atoms with Crippen LogP contribution >= 0.6 is 165 Å². The van der Waals surface area contributed by atoms with Gasteiger partial charge >= 0.3 is 0 Å². The molecule has 45 heavy (non-hydrogen) atoms. The van der Waals surface area contributed by atoms with Crippen molar-refractivity contribution in [3.8, 4) is 0 Å². The molecule has 0 aromatic rings. The van der Waals surface area contributed by atoms with Gasteiger partial charge in [0.15, 0.2) is 15.3 Å². The van der Waals surface area contributed by atoms with E-state index >= 15 is 0 Å². The molecule has 0 heterocycles. The number of rotatable bonds is 35. The molecule has 1 unspecified atom stereocenters. The first-order valence-corrected chi connectivity index (χ1v) is 30.5. The molecule has 0 aliphatic carbocycles. The van der Waals surface area contributed by atoms with Crippen molar-refractivity contribution in [1.82, 2.24) is 0 Å². The highest BCUT2D eigenvalue weighted by atomic mass is 32.3. The summed E-state index contributed by atoms with van der Waals surface area (Å²) in [5, 5.41) is 24.9. The van der Waals surface area contributed by atoms with Gasteiger partial charge in [0.2, 0.25) is 0 Å². The standard InChI is InChI=1S/C24H44O6S15/c25-1-3-31-5-7-42-22(27)11-34-15-37-14-33-9-10-45(30)21-41-19-39-18-40-20-44-24(29)13-36-17-38-16-35-12-23(28)43-8-6-32-4-2-26/h25-26H,1-21H2. The van der Waals surface area contributed by atoms with Crippen molar-refractivity contribution in [2.24, 2.45) is 0 Å². The normalized spacial score (nSPS) is 12.0. The summed E-state index contributed by atoms with van der Waals surface area (Å²) in [6, 6.07) is 0. The fourth-order valence-electron chi connectivity index (χ4n) is 2.26. The summed E-state index contributed by atoms with van der Waals surface area (Å²) >= 11 is 23.0. The van der Waals surface area contributed by atoms with E-state index in [9.17, 15) is 18.6 Å². The van der Waals surface area contributed by atoms with Crippen molar-refractivity contribution in [2.45, 2.75) is 0 Å². The van der Waals surface area contributed by atoms with Crippen LogP contribution in [-0.2, 0) is 25.2 Å². The van der Waals surface area contributed by atoms with Gasteiger partial charge in [-0.2, -0.15) is 35.3 Å². The molecular weight excluding hydrogens is 865 g/mol. The quantitative estimate of drug-likeness (QED) is 0.0493. The predicted molar refractivity (Wildman–Crippen MR) is 236 cm³/mol. The molecule has 0 rings (SSSR count). The first-order chi connectivity index (χ1) is 22.0. The summed E-state index contributed by atoms with van der Waals surface area (Å²) < 4.78 is 12.2. The van der Waals surface area contributed by atoms with Crippen LogP contribution in [0.2, 0.25) is 0 Å². The summed E-state index contributed by atoms with van der Waals surface area (Å²) in [6.45, 7) is 0.378. The largest absolute Gasteiger partial charge is 0.396 e. The van der Waals surface area contributed by atoms with Crippen molar-refractivity contribution in [3.63, 3.8) is 0 Å². The van der Waals surface area contributed by atoms with Gasteiger partial charge in [-0.1, -0.05) is 35.3 Å². The molecule has 6 nitrogen and oxygen atoms in total. The number of hydrogen-bond donors (Lipinski definition) is 2. The number of carbonyl (C=O) groups is 3. The third kappa shape index (κ3) is 40.6. The smallest absolute Gasteiger partial charge is 0.199 e. The molecule has 0 spiro atoms. The lowest BCUT2D eigenvalue weighted by Crippen LogP contribution is -2.03. The molecule has 0 saturated carbocycles. The lowest BCUT2D eigenvalue weighted by molar-refractivity contribution is -0.109. The van der Waals surface area contributed by atoms with E-state index in [0.29, 0.717) is 28.1 Å². The summed E-state index contributed by atoms with van der Waals surface area (Å²) in [6.07, 6.45) is 0. The van der Waals surface area contributed by atoms with E-state index in [0.717, 1.165) is 75.9 Å². The van der Waals surface area contributed by atoms with Crippen LogP contribution in [0.25, 0.3) is 0 Å². The molecule has 21 heteroatoms. The van der Waals surface area contributed by atoms with Crippen LogP contribution in [0.3, 0.4) is 0 Å². The van der Waals surface area contributed by atoms with Crippen LogP contribution in [0.15, 0.2) is 0 Å². The Balaban J connectivity index is 3.36.